The second kappa shape index (κ2) is 2.72. The predicted molar refractivity (Wildman–Crippen MR) is 29.3 cm³/mol. The predicted octanol–water partition coefficient (Wildman–Crippen LogP) is 0.850. The Hall–Kier alpha value is -0.718. The Balaban J connectivity index is 3.13. The van der Waals surface area contributed by atoms with Gasteiger partial charge in [0.1, 0.15) is 0 Å². The van der Waals surface area contributed by atoms with Gasteiger partial charge in [-0.15, -0.1) is 0 Å². The molecular weight excluding hydrogens is 154 g/mol. The molecule has 0 saturated carbocycles. The molecule has 0 aliphatic heterocycles. The van der Waals surface area contributed by atoms with Crippen molar-refractivity contribution in [2.24, 2.45) is 0 Å². The van der Waals surface area contributed by atoms with Crippen molar-refractivity contribution < 1.29 is 13.8 Å². The molecule has 2 N–H and O–H groups in total. The standard InChI is InChI=1S/C5H4N.Cr.2HN/c1-2-4-6-5-3-1;;;/h1-4H;;2*1H. The number of hydrogen-bond donors (Lipinski definition) is 2. The molecule has 1 heterocycles. The first-order chi connectivity index (χ1) is 4.30. The van der Waals surface area contributed by atoms with Gasteiger partial charge in [0.05, 0.1) is 0 Å². The topological polar surface area (TPSA) is 60.6 Å². The maximum atomic E-state index is 7.05. The number of nitrogens with zero attached hydrogens (tertiary/aromatic N) is 1. The number of rotatable bonds is 1. The molecule has 4 heteroatoms. The molecule has 0 bridgehead atoms. The zero-order valence-electron chi connectivity index (χ0n) is 4.66. The Kier molecular flexibility index (Phi) is 1.93. The summed E-state index contributed by atoms with van der Waals surface area (Å²) in [7, 11) is 0. The quantitative estimate of drug-likeness (QED) is 0.628. The van der Waals surface area contributed by atoms with E-state index in [4.69, 9.17) is 8.69 Å². The fourth-order valence-electron chi connectivity index (χ4n) is 0.468. The minimum atomic E-state index is -2.02. The van der Waals surface area contributed by atoms with Crippen LogP contribution in [0.4, 0.5) is 0 Å². The summed E-state index contributed by atoms with van der Waals surface area (Å²) in [5.74, 6) is 0. The van der Waals surface area contributed by atoms with E-state index in [0.717, 1.165) is 0 Å². The molecule has 3 nitrogen and oxygen atoms in total. The molecule has 0 fully saturated rings. The Morgan fingerprint density at radius 3 is 2.44 bits per heavy atom. The third-order valence-corrected chi connectivity index (χ3v) is 1.88. The van der Waals surface area contributed by atoms with Crippen molar-refractivity contribution in [2.45, 2.75) is 0 Å². The fourth-order valence-corrected chi connectivity index (χ4v) is 1.06. The zero-order valence-corrected chi connectivity index (χ0v) is 5.94. The summed E-state index contributed by atoms with van der Waals surface area (Å²) in [6.45, 7) is 0. The molecule has 9 heavy (non-hydrogen) atoms. The monoisotopic (exact) mass is 160 g/mol. The van der Waals surface area contributed by atoms with Crippen LogP contribution >= 0.6 is 0 Å². The SMILES string of the molecule is [NH]=[Cr](=[NH])[c]1ccccn1. The Labute approximate surface area is 56.9 Å². The first kappa shape index (κ1) is 6.40. The molecule has 1 aromatic heterocycles. The van der Waals surface area contributed by atoms with Crippen LogP contribution in [0.2, 0.25) is 0 Å². The molecule has 0 spiro atoms. The number of hydrogen-bond acceptors (Lipinski definition) is 3. The summed E-state index contributed by atoms with van der Waals surface area (Å²) in [4.78, 5) is 3.86. The van der Waals surface area contributed by atoms with Crippen molar-refractivity contribution in [3.05, 3.63) is 24.4 Å². The zero-order chi connectivity index (χ0) is 6.69. The van der Waals surface area contributed by atoms with Gasteiger partial charge in [0, 0.05) is 0 Å². The molecule has 0 aliphatic rings. The van der Waals surface area contributed by atoms with Gasteiger partial charge in [-0.3, -0.25) is 0 Å². The van der Waals surface area contributed by atoms with Gasteiger partial charge in [-0.25, -0.2) is 0 Å². The van der Waals surface area contributed by atoms with Crippen LogP contribution < -0.4 is 4.56 Å². The first-order valence-electron chi connectivity index (χ1n) is 2.38. The number of nitrogens with one attached hydrogen (secondary N) is 2. The summed E-state index contributed by atoms with van der Waals surface area (Å²) in [5.41, 5.74) is 0. The second-order valence-electron chi connectivity index (χ2n) is 1.47. The normalized spacial score (nSPS) is 8.89. The van der Waals surface area contributed by atoms with Crippen molar-refractivity contribution in [3.8, 4) is 0 Å². The average Bonchev–Trinajstić information content (AvgIpc) is 1.90. The van der Waals surface area contributed by atoms with E-state index in [0.29, 0.717) is 4.56 Å². The summed E-state index contributed by atoms with van der Waals surface area (Å²) < 4.78 is 14.7. The van der Waals surface area contributed by atoms with E-state index in [1.165, 1.54) is 0 Å². The Bertz CT molecular complexity index is 244. The summed E-state index contributed by atoms with van der Waals surface area (Å²) in [5, 5.41) is 0. The molecule has 0 aliphatic carbocycles. The first-order valence-corrected chi connectivity index (χ1v) is 4.30. The molecule has 1 aromatic rings. The van der Waals surface area contributed by atoms with E-state index in [-0.39, 0.29) is 0 Å². The van der Waals surface area contributed by atoms with Crippen LogP contribution in [0, 0.1) is 8.69 Å². The average molecular weight is 160 g/mol. The van der Waals surface area contributed by atoms with Crippen molar-refractivity contribution >= 4 is 4.56 Å². The van der Waals surface area contributed by atoms with Gasteiger partial charge in [0.25, 0.3) is 0 Å². The number of aromatic nitrogens is 1. The molecule has 0 unspecified atom stereocenters. The van der Waals surface area contributed by atoms with Crippen LogP contribution in [0.1, 0.15) is 0 Å². The van der Waals surface area contributed by atoms with Gasteiger partial charge < -0.3 is 0 Å². The van der Waals surface area contributed by atoms with Crippen LogP contribution in [0.5, 0.6) is 0 Å². The van der Waals surface area contributed by atoms with Gasteiger partial charge in [-0.2, -0.15) is 0 Å². The Morgan fingerprint density at radius 1 is 1.33 bits per heavy atom. The van der Waals surface area contributed by atoms with Gasteiger partial charge in [0.15, 0.2) is 0 Å². The summed E-state index contributed by atoms with van der Waals surface area (Å²) >= 11 is -2.02. The Morgan fingerprint density at radius 2 is 2.11 bits per heavy atom. The molecule has 1 rings (SSSR count). The maximum absolute atomic E-state index is 7.05. The van der Waals surface area contributed by atoms with Gasteiger partial charge in [-0.05, 0) is 0 Å². The van der Waals surface area contributed by atoms with Crippen LogP contribution in [0.15, 0.2) is 24.4 Å². The van der Waals surface area contributed by atoms with Gasteiger partial charge in [0.2, 0.25) is 0 Å². The van der Waals surface area contributed by atoms with Gasteiger partial charge in [-0.1, -0.05) is 0 Å². The van der Waals surface area contributed by atoms with E-state index in [1.807, 2.05) is 6.07 Å². The molecule has 0 radical (unpaired) electrons. The van der Waals surface area contributed by atoms with E-state index in [1.54, 1.807) is 18.3 Å². The van der Waals surface area contributed by atoms with Crippen molar-refractivity contribution in [1.82, 2.24) is 4.98 Å². The van der Waals surface area contributed by atoms with Crippen LogP contribution in [0.25, 0.3) is 0 Å². The molecule has 0 saturated heterocycles. The number of pyridine rings is 1. The van der Waals surface area contributed by atoms with Crippen LogP contribution in [-0.4, -0.2) is 4.98 Å². The van der Waals surface area contributed by atoms with Gasteiger partial charge >= 0.3 is 56.4 Å². The van der Waals surface area contributed by atoms with Crippen molar-refractivity contribution in [1.29, 1.82) is 8.69 Å². The third-order valence-electron chi connectivity index (χ3n) is 0.847. The summed E-state index contributed by atoms with van der Waals surface area (Å²) in [6, 6.07) is 5.32. The molecule has 0 amide bonds. The summed E-state index contributed by atoms with van der Waals surface area (Å²) in [6.07, 6.45) is 1.62. The van der Waals surface area contributed by atoms with Crippen molar-refractivity contribution in [3.63, 3.8) is 0 Å². The van der Waals surface area contributed by atoms with Crippen LogP contribution in [-0.2, 0) is 13.8 Å². The van der Waals surface area contributed by atoms with E-state index in [9.17, 15) is 0 Å². The minimum absolute atomic E-state index is 0.623. The van der Waals surface area contributed by atoms with Crippen molar-refractivity contribution in [2.75, 3.05) is 0 Å². The molecule has 0 atom stereocenters. The molecule has 0 aromatic carbocycles. The molecule has 47 valence electrons. The second-order valence-corrected chi connectivity index (χ2v) is 3.08. The van der Waals surface area contributed by atoms with E-state index in [2.05, 4.69) is 4.98 Å². The molecular formula is C5H6CrN3. The fraction of sp³-hybridized carbons (Fsp3) is 0. The van der Waals surface area contributed by atoms with E-state index >= 15 is 0 Å². The third kappa shape index (κ3) is 1.60. The van der Waals surface area contributed by atoms with Crippen LogP contribution in [0.3, 0.4) is 0 Å². The van der Waals surface area contributed by atoms with E-state index < -0.39 is 13.8 Å².